The zero-order valence-corrected chi connectivity index (χ0v) is 14.5. The van der Waals surface area contributed by atoms with Crippen LogP contribution in [0.5, 0.6) is 5.75 Å². The van der Waals surface area contributed by atoms with Crippen molar-refractivity contribution in [2.45, 2.75) is 26.3 Å². The van der Waals surface area contributed by atoms with Crippen LogP contribution >= 0.6 is 27.5 Å². The minimum absolute atomic E-state index is 0.181. The molecule has 0 fully saturated rings. The lowest BCUT2D eigenvalue weighted by Gasteiger charge is -2.17. The summed E-state index contributed by atoms with van der Waals surface area (Å²) in [6.07, 6.45) is 1.02. The van der Waals surface area contributed by atoms with Gasteiger partial charge in [0, 0.05) is 15.5 Å². The van der Waals surface area contributed by atoms with E-state index in [1.165, 1.54) is 5.56 Å². The van der Waals surface area contributed by atoms with Crippen molar-refractivity contribution >= 4 is 33.2 Å². The second kappa shape index (κ2) is 7.71. The smallest absolute Gasteiger partial charge is 0.119 e. The lowest BCUT2D eigenvalue weighted by atomic mass is 10.1. The monoisotopic (exact) mass is 367 g/mol. The molecule has 0 aliphatic carbocycles. The van der Waals surface area contributed by atoms with Crippen LogP contribution in [0.25, 0.3) is 0 Å². The molecule has 1 unspecified atom stereocenters. The van der Waals surface area contributed by atoms with Crippen LogP contribution < -0.4 is 10.1 Å². The van der Waals surface area contributed by atoms with E-state index in [0.717, 1.165) is 34.0 Å². The third kappa shape index (κ3) is 4.65. The molecular weight excluding hydrogens is 350 g/mol. The van der Waals surface area contributed by atoms with Gasteiger partial charge in [-0.25, -0.2) is 0 Å². The normalized spacial score (nSPS) is 12.0. The molecule has 0 aliphatic heterocycles. The van der Waals surface area contributed by atoms with Crippen LogP contribution in [0.3, 0.4) is 0 Å². The Kier molecular flexibility index (Phi) is 5.95. The Bertz CT molecular complexity index is 586. The Hall–Kier alpha value is -1.19. The van der Waals surface area contributed by atoms with E-state index < -0.39 is 0 Å². The molecule has 21 heavy (non-hydrogen) atoms. The maximum atomic E-state index is 6.04. The van der Waals surface area contributed by atoms with Crippen LogP contribution in [-0.4, -0.2) is 6.61 Å². The standard InChI is InChI=1S/C17H19BrClNO/c1-3-10-21-15-7-4-13(5-8-15)12(2)20-17-11-14(19)6-9-16(17)18/h4-9,11-12,20H,3,10H2,1-2H3. The number of hydrogen-bond donors (Lipinski definition) is 1. The van der Waals surface area contributed by atoms with Gasteiger partial charge in [0.25, 0.3) is 0 Å². The van der Waals surface area contributed by atoms with Crippen LogP contribution in [0, 0.1) is 0 Å². The predicted molar refractivity (Wildman–Crippen MR) is 93.4 cm³/mol. The zero-order chi connectivity index (χ0) is 15.2. The fourth-order valence-corrected chi connectivity index (χ4v) is 2.53. The van der Waals surface area contributed by atoms with E-state index in [2.05, 4.69) is 47.2 Å². The lowest BCUT2D eigenvalue weighted by Crippen LogP contribution is -2.07. The average Bonchev–Trinajstić information content (AvgIpc) is 2.49. The van der Waals surface area contributed by atoms with E-state index in [-0.39, 0.29) is 6.04 Å². The van der Waals surface area contributed by atoms with Crippen LogP contribution in [-0.2, 0) is 0 Å². The third-order valence-corrected chi connectivity index (χ3v) is 4.08. The maximum absolute atomic E-state index is 6.04. The molecule has 0 heterocycles. The summed E-state index contributed by atoms with van der Waals surface area (Å²) in [6.45, 7) is 4.97. The molecule has 2 aromatic rings. The summed E-state index contributed by atoms with van der Waals surface area (Å²) in [4.78, 5) is 0. The summed E-state index contributed by atoms with van der Waals surface area (Å²) in [5.74, 6) is 0.914. The van der Waals surface area contributed by atoms with Crippen LogP contribution in [0.4, 0.5) is 5.69 Å². The van der Waals surface area contributed by atoms with Gasteiger partial charge in [0.15, 0.2) is 0 Å². The van der Waals surface area contributed by atoms with Crippen LogP contribution in [0.1, 0.15) is 31.9 Å². The molecule has 2 aromatic carbocycles. The molecule has 4 heteroatoms. The van der Waals surface area contributed by atoms with E-state index >= 15 is 0 Å². The van der Waals surface area contributed by atoms with Crippen molar-refractivity contribution in [3.8, 4) is 5.75 Å². The molecule has 112 valence electrons. The molecule has 2 rings (SSSR count). The highest BCUT2D eigenvalue weighted by Gasteiger charge is 2.08. The van der Waals surface area contributed by atoms with E-state index in [1.54, 1.807) is 0 Å². The Morgan fingerprint density at radius 1 is 1.19 bits per heavy atom. The summed E-state index contributed by atoms with van der Waals surface area (Å²) < 4.78 is 6.60. The van der Waals surface area contributed by atoms with Gasteiger partial charge < -0.3 is 10.1 Å². The third-order valence-electron chi connectivity index (χ3n) is 3.15. The summed E-state index contributed by atoms with van der Waals surface area (Å²) in [7, 11) is 0. The van der Waals surface area contributed by atoms with Crippen molar-refractivity contribution in [2.75, 3.05) is 11.9 Å². The van der Waals surface area contributed by atoms with Crippen molar-refractivity contribution in [3.63, 3.8) is 0 Å². The van der Waals surface area contributed by atoms with Gasteiger partial charge in [0.05, 0.1) is 12.3 Å². The van der Waals surface area contributed by atoms with Crippen LogP contribution in [0.2, 0.25) is 5.02 Å². The number of anilines is 1. The first-order valence-electron chi connectivity index (χ1n) is 7.04. The molecule has 0 radical (unpaired) electrons. The largest absolute Gasteiger partial charge is 0.494 e. The van der Waals surface area contributed by atoms with Crippen molar-refractivity contribution < 1.29 is 4.74 Å². The minimum atomic E-state index is 0.181. The van der Waals surface area contributed by atoms with E-state index in [1.807, 2.05) is 30.3 Å². The molecule has 0 aromatic heterocycles. The molecular formula is C17H19BrClNO. The van der Waals surface area contributed by atoms with Gasteiger partial charge in [-0.15, -0.1) is 0 Å². The summed E-state index contributed by atoms with van der Waals surface area (Å²) in [5, 5.41) is 4.18. The molecule has 0 saturated carbocycles. The van der Waals surface area contributed by atoms with E-state index in [0.29, 0.717) is 0 Å². The van der Waals surface area contributed by atoms with Gasteiger partial charge >= 0.3 is 0 Å². The quantitative estimate of drug-likeness (QED) is 0.668. The van der Waals surface area contributed by atoms with Crippen molar-refractivity contribution in [1.82, 2.24) is 0 Å². The Balaban J connectivity index is 2.05. The maximum Gasteiger partial charge on any atom is 0.119 e. The minimum Gasteiger partial charge on any atom is -0.494 e. The number of nitrogens with one attached hydrogen (secondary N) is 1. The van der Waals surface area contributed by atoms with Crippen molar-refractivity contribution in [1.29, 1.82) is 0 Å². The first-order valence-corrected chi connectivity index (χ1v) is 8.21. The van der Waals surface area contributed by atoms with Crippen molar-refractivity contribution in [2.24, 2.45) is 0 Å². The van der Waals surface area contributed by atoms with Crippen molar-refractivity contribution in [3.05, 3.63) is 57.5 Å². The molecule has 0 bridgehead atoms. The van der Waals surface area contributed by atoms with E-state index in [9.17, 15) is 0 Å². The number of rotatable bonds is 6. The molecule has 1 N–H and O–H groups in total. The second-order valence-electron chi connectivity index (χ2n) is 4.91. The predicted octanol–water partition coefficient (Wildman–Crippen LogP) is 6.06. The summed E-state index contributed by atoms with van der Waals surface area (Å²) in [5.41, 5.74) is 2.19. The fraction of sp³-hybridized carbons (Fsp3) is 0.294. The Labute approximate surface area is 139 Å². The van der Waals surface area contributed by atoms with Crippen LogP contribution in [0.15, 0.2) is 46.9 Å². The molecule has 0 spiro atoms. The second-order valence-corrected chi connectivity index (χ2v) is 6.20. The lowest BCUT2D eigenvalue weighted by molar-refractivity contribution is 0.317. The number of benzene rings is 2. The first-order chi connectivity index (χ1) is 10.1. The van der Waals surface area contributed by atoms with Gasteiger partial charge in [-0.05, 0) is 65.2 Å². The number of ether oxygens (including phenoxy) is 1. The highest BCUT2D eigenvalue weighted by atomic mass is 79.9. The van der Waals surface area contributed by atoms with Gasteiger partial charge in [-0.3, -0.25) is 0 Å². The Morgan fingerprint density at radius 3 is 2.57 bits per heavy atom. The van der Waals surface area contributed by atoms with Gasteiger partial charge in [0.2, 0.25) is 0 Å². The fourth-order valence-electron chi connectivity index (χ4n) is 2.00. The van der Waals surface area contributed by atoms with Gasteiger partial charge in [0.1, 0.15) is 5.75 Å². The topological polar surface area (TPSA) is 21.3 Å². The summed E-state index contributed by atoms with van der Waals surface area (Å²) >= 11 is 9.57. The van der Waals surface area contributed by atoms with Gasteiger partial charge in [-0.2, -0.15) is 0 Å². The summed E-state index contributed by atoms with van der Waals surface area (Å²) in [6, 6.07) is 14.1. The zero-order valence-electron chi connectivity index (χ0n) is 12.2. The molecule has 0 saturated heterocycles. The number of hydrogen-bond acceptors (Lipinski definition) is 2. The molecule has 0 amide bonds. The Morgan fingerprint density at radius 2 is 1.90 bits per heavy atom. The average molecular weight is 369 g/mol. The molecule has 0 aliphatic rings. The highest BCUT2D eigenvalue weighted by Crippen LogP contribution is 2.29. The molecule has 1 atom stereocenters. The molecule has 2 nitrogen and oxygen atoms in total. The van der Waals surface area contributed by atoms with Gasteiger partial charge in [-0.1, -0.05) is 30.7 Å². The highest BCUT2D eigenvalue weighted by molar-refractivity contribution is 9.10. The first kappa shape index (κ1) is 16.2. The number of halogens is 2. The van der Waals surface area contributed by atoms with E-state index in [4.69, 9.17) is 16.3 Å². The SMILES string of the molecule is CCCOc1ccc(C(C)Nc2cc(Cl)ccc2Br)cc1.